The van der Waals surface area contributed by atoms with Gasteiger partial charge in [0.15, 0.2) is 0 Å². The van der Waals surface area contributed by atoms with Crippen molar-refractivity contribution in [1.29, 1.82) is 0 Å². The second-order valence-corrected chi connectivity index (χ2v) is 8.85. The number of benzene rings is 2. The highest BCUT2D eigenvalue weighted by molar-refractivity contribution is 7.99. The van der Waals surface area contributed by atoms with E-state index in [0.717, 1.165) is 21.5 Å². The van der Waals surface area contributed by atoms with Crippen molar-refractivity contribution in [3.05, 3.63) is 54.1 Å². The van der Waals surface area contributed by atoms with Crippen molar-refractivity contribution in [1.82, 2.24) is 4.98 Å². The van der Waals surface area contributed by atoms with Gasteiger partial charge in [-0.2, -0.15) is 11.8 Å². The molecule has 2 N–H and O–H groups in total. The maximum Gasteiger partial charge on any atom is 0.124 e. The van der Waals surface area contributed by atoms with Crippen LogP contribution in [0.2, 0.25) is 0 Å². The average molecular weight is 355 g/mol. The molecule has 0 radical (unpaired) electrons. The van der Waals surface area contributed by atoms with Crippen LogP contribution in [0.4, 0.5) is 0 Å². The van der Waals surface area contributed by atoms with Crippen LogP contribution in [-0.4, -0.2) is 16.3 Å². The van der Waals surface area contributed by atoms with E-state index in [-0.39, 0.29) is 0 Å². The number of fused-ring (bicyclic) bond motifs is 1. The standard InChI is InChI=1S/C20H22N2S2/c21-16-9-11-17(12-10-16)23-13-14-5-7-15(8-6-14)20-22-18-3-1-2-4-19(18)24-20/h1-8,16-17H,9-13,21H2. The Bertz CT molecular complexity index is 769. The Hall–Kier alpha value is -1.36. The normalized spacial score (nSPS) is 21.2. The largest absolute Gasteiger partial charge is 0.328 e. The van der Waals surface area contributed by atoms with Crippen molar-refractivity contribution in [2.24, 2.45) is 5.73 Å². The summed E-state index contributed by atoms with van der Waals surface area (Å²) in [6.07, 6.45) is 4.92. The third kappa shape index (κ3) is 3.66. The third-order valence-corrected chi connectivity index (χ3v) is 7.23. The minimum atomic E-state index is 0.440. The summed E-state index contributed by atoms with van der Waals surface area (Å²) in [4.78, 5) is 4.74. The average Bonchev–Trinajstić information content (AvgIpc) is 3.06. The van der Waals surface area contributed by atoms with Gasteiger partial charge >= 0.3 is 0 Å². The maximum absolute atomic E-state index is 5.99. The Morgan fingerprint density at radius 2 is 1.75 bits per heavy atom. The van der Waals surface area contributed by atoms with Gasteiger partial charge in [-0.15, -0.1) is 11.3 Å². The van der Waals surface area contributed by atoms with E-state index in [9.17, 15) is 0 Å². The van der Waals surface area contributed by atoms with Crippen LogP contribution < -0.4 is 5.73 Å². The van der Waals surface area contributed by atoms with E-state index in [1.807, 2.05) is 6.07 Å². The van der Waals surface area contributed by atoms with Crippen molar-refractivity contribution in [2.75, 3.05) is 0 Å². The molecule has 1 saturated carbocycles. The minimum absolute atomic E-state index is 0.440. The van der Waals surface area contributed by atoms with Gasteiger partial charge < -0.3 is 5.73 Å². The van der Waals surface area contributed by atoms with E-state index >= 15 is 0 Å². The lowest BCUT2D eigenvalue weighted by Crippen LogP contribution is -2.27. The van der Waals surface area contributed by atoms with Gasteiger partial charge in [0, 0.05) is 22.6 Å². The number of hydrogen-bond donors (Lipinski definition) is 1. The Kier molecular flexibility index (Phi) is 4.88. The second-order valence-electron chi connectivity index (χ2n) is 6.53. The van der Waals surface area contributed by atoms with Crippen molar-refractivity contribution in [3.63, 3.8) is 0 Å². The molecule has 0 saturated heterocycles. The van der Waals surface area contributed by atoms with Gasteiger partial charge in [0.2, 0.25) is 0 Å². The first-order valence-corrected chi connectivity index (χ1v) is 10.5. The van der Waals surface area contributed by atoms with Crippen LogP contribution in [0.25, 0.3) is 20.8 Å². The van der Waals surface area contributed by atoms with E-state index in [1.54, 1.807) is 11.3 Å². The fourth-order valence-electron chi connectivity index (χ4n) is 3.21. The first-order valence-electron chi connectivity index (χ1n) is 8.60. The molecule has 2 aromatic carbocycles. The quantitative estimate of drug-likeness (QED) is 0.675. The summed E-state index contributed by atoms with van der Waals surface area (Å²) in [5, 5.41) is 1.89. The lowest BCUT2D eigenvalue weighted by atomic mass is 9.96. The van der Waals surface area contributed by atoms with Gasteiger partial charge in [-0.3, -0.25) is 0 Å². The van der Waals surface area contributed by atoms with Gasteiger partial charge in [-0.25, -0.2) is 4.98 Å². The van der Waals surface area contributed by atoms with Gasteiger partial charge in [0.1, 0.15) is 5.01 Å². The molecule has 0 spiro atoms. The van der Waals surface area contributed by atoms with Crippen LogP contribution in [-0.2, 0) is 5.75 Å². The highest BCUT2D eigenvalue weighted by Crippen LogP contribution is 2.32. The van der Waals surface area contributed by atoms with Crippen molar-refractivity contribution >= 4 is 33.3 Å². The van der Waals surface area contributed by atoms with Crippen LogP contribution in [0.1, 0.15) is 31.2 Å². The number of thioether (sulfide) groups is 1. The lowest BCUT2D eigenvalue weighted by Gasteiger charge is -2.25. The lowest BCUT2D eigenvalue weighted by molar-refractivity contribution is 0.450. The Morgan fingerprint density at radius 3 is 2.50 bits per heavy atom. The first-order chi connectivity index (χ1) is 11.8. The number of hydrogen-bond acceptors (Lipinski definition) is 4. The fraction of sp³-hybridized carbons (Fsp3) is 0.350. The summed E-state index contributed by atoms with van der Waals surface area (Å²) in [5.74, 6) is 1.10. The second kappa shape index (κ2) is 7.26. The zero-order chi connectivity index (χ0) is 16.4. The number of nitrogens with two attached hydrogens (primary N) is 1. The fourth-order valence-corrected chi connectivity index (χ4v) is 5.41. The van der Waals surface area contributed by atoms with E-state index in [4.69, 9.17) is 10.7 Å². The molecule has 1 aliphatic carbocycles. The summed E-state index contributed by atoms with van der Waals surface area (Å²) >= 11 is 3.85. The Balaban J connectivity index is 1.41. The van der Waals surface area contributed by atoms with Gasteiger partial charge in [-0.05, 0) is 43.4 Å². The highest BCUT2D eigenvalue weighted by Gasteiger charge is 2.18. The van der Waals surface area contributed by atoms with Crippen molar-refractivity contribution in [2.45, 2.75) is 42.7 Å². The Labute approximate surface area is 151 Å². The smallest absolute Gasteiger partial charge is 0.124 e. The summed E-state index contributed by atoms with van der Waals surface area (Å²) in [5.41, 5.74) is 9.70. The molecule has 0 aliphatic heterocycles. The van der Waals surface area contributed by atoms with Crippen molar-refractivity contribution < 1.29 is 0 Å². The van der Waals surface area contributed by atoms with E-state index < -0.39 is 0 Å². The highest BCUT2D eigenvalue weighted by atomic mass is 32.2. The zero-order valence-corrected chi connectivity index (χ0v) is 15.3. The van der Waals surface area contributed by atoms with Crippen LogP contribution in [0, 0.1) is 0 Å². The third-order valence-electron chi connectivity index (χ3n) is 4.70. The molecule has 24 heavy (non-hydrogen) atoms. The number of para-hydroxylation sites is 1. The van der Waals surface area contributed by atoms with Crippen molar-refractivity contribution in [3.8, 4) is 10.6 Å². The number of aromatic nitrogens is 1. The number of thiazole rings is 1. The van der Waals surface area contributed by atoms with E-state index in [2.05, 4.69) is 54.2 Å². The monoisotopic (exact) mass is 354 g/mol. The molecule has 0 amide bonds. The molecule has 1 heterocycles. The van der Waals surface area contributed by atoms with Crippen LogP contribution >= 0.6 is 23.1 Å². The topological polar surface area (TPSA) is 38.9 Å². The molecular formula is C20H22N2S2. The zero-order valence-electron chi connectivity index (χ0n) is 13.7. The molecule has 3 aromatic rings. The van der Waals surface area contributed by atoms with Gasteiger partial charge in [0.05, 0.1) is 10.2 Å². The van der Waals surface area contributed by atoms with Crippen LogP contribution in [0.3, 0.4) is 0 Å². The summed E-state index contributed by atoms with van der Waals surface area (Å²) in [7, 11) is 0. The minimum Gasteiger partial charge on any atom is -0.328 e. The maximum atomic E-state index is 5.99. The van der Waals surface area contributed by atoms with Crippen LogP contribution in [0.15, 0.2) is 48.5 Å². The SMILES string of the molecule is NC1CCC(SCc2ccc(-c3nc4ccccc4s3)cc2)CC1. The summed E-state index contributed by atoms with van der Waals surface area (Å²) < 4.78 is 1.25. The predicted octanol–water partition coefficient (Wildman–Crippen LogP) is 5.47. The molecule has 0 bridgehead atoms. The molecule has 4 rings (SSSR count). The molecular weight excluding hydrogens is 332 g/mol. The van der Waals surface area contributed by atoms with Gasteiger partial charge in [0.25, 0.3) is 0 Å². The summed E-state index contributed by atoms with van der Waals surface area (Å²) in [6.45, 7) is 0. The Morgan fingerprint density at radius 1 is 1.00 bits per heavy atom. The first kappa shape index (κ1) is 16.1. The summed E-state index contributed by atoms with van der Waals surface area (Å²) in [6, 6.07) is 17.7. The molecule has 4 heteroatoms. The molecule has 1 fully saturated rings. The van der Waals surface area contributed by atoms with Crippen LogP contribution in [0.5, 0.6) is 0 Å². The molecule has 1 aliphatic rings. The van der Waals surface area contributed by atoms with Gasteiger partial charge in [-0.1, -0.05) is 36.4 Å². The number of nitrogens with zero attached hydrogens (tertiary/aromatic N) is 1. The molecule has 1 aromatic heterocycles. The van der Waals surface area contributed by atoms with E-state index in [0.29, 0.717) is 6.04 Å². The predicted molar refractivity (Wildman–Crippen MR) is 107 cm³/mol. The molecule has 124 valence electrons. The molecule has 2 nitrogen and oxygen atoms in total. The van der Waals surface area contributed by atoms with E-state index in [1.165, 1.54) is 41.5 Å². The molecule has 0 unspecified atom stereocenters. The molecule has 0 atom stereocenters. The number of rotatable bonds is 4.